The molecule has 1 rings (SSSR count). The first-order valence-corrected chi connectivity index (χ1v) is 6.11. The summed E-state index contributed by atoms with van der Waals surface area (Å²) in [7, 11) is 2.06. The van der Waals surface area contributed by atoms with Crippen LogP contribution in [0.25, 0.3) is 0 Å². The first kappa shape index (κ1) is 13.3. The molecule has 88 valence electrons. The lowest BCUT2D eigenvalue weighted by Crippen LogP contribution is -2.19. The number of halogens is 1. The topological polar surface area (TPSA) is 29.3 Å². The smallest absolute Gasteiger partial charge is 0.0511 e. The fraction of sp³-hybridized carbons (Fsp3) is 0.385. The van der Waals surface area contributed by atoms with Crippen LogP contribution in [-0.4, -0.2) is 13.6 Å². The Morgan fingerprint density at radius 3 is 2.62 bits per heavy atom. The van der Waals surface area contributed by atoms with Gasteiger partial charge in [0.2, 0.25) is 0 Å². The molecule has 16 heavy (non-hydrogen) atoms. The largest absolute Gasteiger partial charge is 0.370 e. The highest BCUT2D eigenvalue weighted by molar-refractivity contribution is 9.10. The molecular weight excluding hydrogens is 264 g/mol. The summed E-state index contributed by atoms with van der Waals surface area (Å²) in [6, 6.07) is 6.30. The molecule has 1 atom stereocenters. The lowest BCUT2D eigenvalue weighted by atomic mass is 10.1. The first-order chi connectivity index (χ1) is 7.41. The Morgan fingerprint density at radius 2 is 2.19 bits per heavy atom. The van der Waals surface area contributed by atoms with Crippen LogP contribution < -0.4 is 10.6 Å². The molecule has 1 aromatic carbocycles. The Bertz CT molecular complexity index is 386. The average Bonchev–Trinajstić information content (AvgIpc) is 2.15. The molecule has 0 saturated heterocycles. The van der Waals surface area contributed by atoms with Crippen molar-refractivity contribution in [3.8, 4) is 0 Å². The number of likely N-dealkylation sites (N-methyl/N-ethyl adjacent to an activating group) is 1. The van der Waals surface area contributed by atoms with Crippen molar-refractivity contribution in [1.82, 2.24) is 0 Å². The van der Waals surface area contributed by atoms with E-state index < -0.39 is 0 Å². The van der Waals surface area contributed by atoms with Crippen LogP contribution in [0.15, 0.2) is 34.8 Å². The molecule has 3 heteroatoms. The summed E-state index contributed by atoms with van der Waals surface area (Å²) in [5, 5.41) is 0. The summed E-state index contributed by atoms with van der Waals surface area (Å²) in [6.07, 6.45) is 0. The maximum Gasteiger partial charge on any atom is 0.0511 e. The molecule has 0 aliphatic rings. The summed E-state index contributed by atoms with van der Waals surface area (Å²) >= 11 is 3.58. The highest BCUT2D eigenvalue weighted by Crippen LogP contribution is 2.28. The lowest BCUT2D eigenvalue weighted by molar-refractivity contribution is 0.816. The third-order valence-corrected chi connectivity index (χ3v) is 3.05. The second-order valence-corrected chi connectivity index (χ2v) is 5.17. The van der Waals surface area contributed by atoms with Gasteiger partial charge in [0.15, 0.2) is 0 Å². The molecule has 0 radical (unpaired) electrons. The second-order valence-electron chi connectivity index (χ2n) is 4.31. The van der Waals surface area contributed by atoms with Gasteiger partial charge in [-0.05, 0) is 47.5 Å². The van der Waals surface area contributed by atoms with Crippen molar-refractivity contribution in [3.05, 3.63) is 40.4 Å². The van der Waals surface area contributed by atoms with E-state index in [0.29, 0.717) is 0 Å². The Morgan fingerprint density at radius 1 is 1.56 bits per heavy atom. The van der Waals surface area contributed by atoms with E-state index in [2.05, 4.69) is 52.7 Å². The Balaban J connectivity index is 2.94. The molecule has 2 nitrogen and oxygen atoms in total. The monoisotopic (exact) mass is 282 g/mol. The fourth-order valence-electron chi connectivity index (χ4n) is 1.61. The van der Waals surface area contributed by atoms with E-state index in [1.54, 1.807) is 0 Å². The van der Waals surface area contributed by atoms with Crippen LogP contribution in [0.5, 0.6) is 0 Å². The van der Waals surface area contributed by atoms with Crippen molar-refractivity contribution < 1.29 is 0 Å². The van der Waals surface area contributed by atoms with E-state index in [9.17, 15) is 0 Å². The normalized spacial score (nSPS) is 12.3. The van der Waals surface area contributed by atoms with Gasteiger partial charge >= 0.3 is 0 Å². The van der Waals surface area contributed by atoms with Crippen molar-refractivity contribution in [1.29, 1.82) is 0 Å². The van der Waals surface area contributed by atoms with E-state index in [0.717, 1.165) is 27.8 Å². The van der Waals surface area contributed by atoms with Gasteiger partial charge in [-0.25, -0.2) is 0 Å². The van der Waals surface area contributed by atoms with E-state index in [1.165, 1.54) is 0 Å². The minimum Gasteiger partial charge on any atom is -0.370 e. The third-order valence-electron chi connectivity index (χ3n) is 2.42. The Labute approximate surface area is 106 Å². The standard InChI is InChI=1S/C13H19BrN2/c1-9(2)8-16(4)13-6-5-11(10(3)15)7-12(13)14/h5-7,10H,1,8,15H2,2-4H3. The molecule has 0 heterocycles. The predicted octanol–water partition coefficient (Wildman–Crippen LogP) is 3.48. The van der Waals surface area contributed by atoms with E-state index in [-0.39, 0.29) is 6.04 Å². The molecule has 0 fully saturated rings. The Kier molecular flexibility index (Phi) is 4.56. The number of hydrogen-bond acceptors (Lipinski definition) is 2. The summed E-state index contributed by atoms with van der Waals surface area (Å²) in [5.74, 6) is 0. The molecular formula is C13H19BrN2. The van der Waals surface area contributed by atoms with Gasteiger partial charge in [0, 0.05) is 24.1 Å². The van der Waals surface area contributed by atoms with Crippen molar-refractivity contribution in [3.63, 3.8) is 0 Å². The van der Waals surface area contributed by atoms with Gasteiger partial charge in [-0.1, -0.05) is 18.2 Å². The van der Waals surface area contributed by atoms with Gasteiger partial charge in [0.1, 0.15) is 0 Å². The van der Waals surface area contributed by atoms with Gasteiger partial charge in [-0.2, -0.15) is 0 Å². The number of benzene rings is 1. The first-order valence-electron chi connectivity index (χ1n) is 5.32. The summed E-state index contributed by atoms with van der Waals surface area (Å²) in [4.78, 5) is 2.16. The van der Waals surface area contributed by atoms with Crippen LogP contribution in [0.2, 0.25) is 0 Å². The number of nitrogens with two attached hydrogens (primary N) is 1. The van der Waals surface area contributed by atoms with E-state index in [1.807, 2.05) is 13.8 Å². The van der Waals surface area contributed by atoms with Gasteiger partial charge in [-0.15, -0.1) is 0 Å². The zero-order chi connectivity index (χ0) is 12.3. The van der Waals surface area contributed by atoms with Crippen LogP contribution in [0, 0.1) is 0 Å². The zero-order valence-corrected chi connectivity index (χ0v) is 11.7. The van der Waals surface area contributed by atoms with E-state index >= 15 is 0 Å². The van der Waals surface area contributed by atoms with Crippen LogP contribution in [0.3, 0.4) is 0 Å². The summed E-state index contributed by atoms with van der Waals surface area (Å²) in [5.41, 5.74) is 9.28. The number of anilines is 1. The number of hydrogen-bond donors (Lipinski definition) is 1. The molecule has 0 bridgehead atoms. The van der Waals surface area contributed by atoms with E-state index in [4.69, 9.17) is 5.73 Å². The highest BCUT2D eigenvalue weighted by Gasteiger charge is 2.08. The minimum absolute atomic E-state index is 0.0665. The molecule has 0 saturated carbocycles. The van der Waals surface area contributed by atoms with Crippen molar-refractivity contribution in [2.45, 2.75) is 19.9 Å². The predicted molar refractivity (Wildman–Crippen MR) is 74.8 cm³/mol. The minimum atomic E-state index is 0.0665. The van der Waals surface area contributed by atoms with Crippen molar-refractivity contribution in [2.24, 2.45) is 5.73 Å². The SMILES string of the molecule is C=C(C)CN(C)c1ccc(C(C)N)cc1Br. The maximum absolute atomic E-state index is 5.84. The van der Waals surface area contributed by atoms with Gasteiger partial charge < -0.3 is 10.6 Å². The molecule has 0 aromatic heterocycles. The third kappa shape index (κ3) is 3.35. The van der Waals surface area contributed by atoms with Crippen molar-refractivity contribution >= 4 is 21.6 Å². The quantitative estimate of drug-likeness (QED) is 0.857. The van der Waals surface area contributed by atoms with Gasteiger partial charge in [0.05, 0.1) is 5.69 Å². The van der Waals surface area contributed by atoms with Crippen LogP contribution in [-0.2, 0) is 0 Å². The molecule has 2 N–H and O–H groups in total. The van der Waals surface area contributed by atoms with Crippen molar-refractivity contribution in [2.75, 3.05) is 18.5 Å². The fourth-order valence-corrected chi connectivity index (χ4v) is 2.31. The molecule has 0 aliphatic carbocycles. The van der Waals surface area contributed by atoms with Gasteiger partial charge in [-0.3, -0.25) is 0 Å². The summed E-state index contributed by atoms with van der Waals surface area (Å²) in [6.45, 7) is 8.79. The Hall–Kier alpha value is -0.800. The molecule has 0 aliphatic heterocycles. The second kappa shape index (κ2) is 5.51. The van der Waals surface area contributed by atoms with Crippen LogP contribution in [0.1, 0.15) is 25.5 Å². The lowest BCUT2D eigenvalue weighted by Gasteiger charge is -2.21. The molecule has 1 aromatic rings. The van der Waals surface area contributed by atoms with Gasteiger partial charge in [0.25, 0.3) is 0 Å². The highest BCUT2D eigenvalue weighted by atomic mass is 79.9. The maximum atomic E-state index is 5.84. The molecule has 0 spiro atoms. The zero-order valence-electron chi connectivity index (χ0n) is 10.1. The van der Waals surface area contributed by atoms with Crippen LogP contribution in [0.4, 0.5) is 5.69 Å². The average molecular weight is 283 g/mol. The molecule has 0 amide bonds. The molecule has 1 unspecified atom stereocenters. The number of nitrogens with zero attached hydrogens (tertiary/aromatic N) is 1. The van der Waals surface area contributed by atoms with Crippen LogP contribution >= 0.6 is 15.9 Å². The number of rotatable bonds is 4. The summed E-state index contributed by atoms with van der Waals surface area (Å²) < 4.78 is 1.08.